The molecule has 2 N–H and O–H groups in total. The molecule has 2 aromatic rings. The van der Waals surface area contributed by atoms with E-state index in [4.69, 9.17) is 0 Å². The van der Waals surface area contributed by atoms with E-state index in [-0.39, 0.29) is 24.0 Å². The number of aromatic nitrogens is 1. The number of amides is 1. The van der Waals surface area contributed by atoms with Crippen molar-refractivity contribution in [3.63, 3.8) is 0 Å². The second-order valence-electron chi connectivity index (χ2n) is 7.15. The molecule has 0 saturated heterocycles. The van der Waals surface area contributed by atoms with Gasteiger partial charge in [-0.3, -0.25) is 14.2 Å². The maximum atomic E-state index is 13.2. The van der Waals surface area contributed by atoms with Crippen LogP contribution in [0.3, 0.4) is 0 Å². The number of allylic oxidation sites excluding steroid dienone is 5. The van der Waals surface area contributed by atoms with E-state index in [0.717, 1.165) is 30.4 Å². The average molecular weight is 395 g/mol. The van der Waals surface area contributed by atoms with Gasteiger partial charge in [-0.2, -0.15) is 0 Å². The Bertz CT molecular complexity index is 993. The van der Waals surface area contributed by atoms with Crippen LogP contribution in [0, 0.1) is 6.92 Å². The SMILES string of the molecule is C=C/C(=C\C=C(/C)C(=O)n1c(C)c(CC(=O)NC)c2cc(O)ccc21)CCCC. The normalized spacial score (nSPS) is 12.3. The topological polar surface area (TPSA) is 71.3 Å². The van der Waals surface area contributed by atoms with Gasteiger partial charge in [0.25, 0.3) is 5.91 Å². The van der Waals surface area contributed by atoms with Gasteiger partial charge in [0, 0.05) is 23.7 Å². The third-order valence-corrected chi connectivity index (χ3v) is 5.10. The molecule has 0 aliphatic rings. The van der Waals surface area contributed by atoms with Crippen LogP contribution in [0.4, 0.5) is 0 Å². The molecule has 29 heavy (non-hydrogen) atoms. The summed E-state index contributed by atoms with van der Waals surface area (Å²) in [6.07, 6.45) is 8.83. The summed E-state index contributed by atoms with van der Waals surface area (Å²) in [6, 6.07) is 4.86. The quantitative estimate of drug-likeness (QED) is 0.497. The summed E-state index contributed by atoms with van der Waals surface area (Å²) in [5.41, 5.74) is 3.79. The lowest BCUT2D eigenvalue weighted by atomic mass is 10.1. The Kier molecular flexibility index (Phi) is 7.59. The molecule has 1 aromatic heterocycles. The van der Waals surface area contributed by atoms with Crippen LogP contribution in [0.1, 0.15) is 49.2 Å². The number of aromatic hydroxyl groups is 1. The third-order valence-electron chi connectivity index (χ3n) is 5.10. The first-order valence-corrected chi connectivity index (χ1v) is 9.92. The van der Waals surface area contributed by atoms with E-state index in [1.807, 2.05) is 25.2 Å². The minimum Gasteiger partial charge on any atom is -0.508 e. The summed E-state index contributed by atoms with van der Waals surface area (Å²) in [7, 11) is 1.58. The Labute approximate surface area is 172 Å². The number of hydrogen-bond acceptors (Lipinski definition) is 3. The van der Waals surface area contributed by atoms with Crippen molar-refractivity contribution in [2.75, 3.05) is 7.05 Å². The molecule has 1 aromatic carbocycles. The van der Waals surface area contributed by atoms with Gasteiger partial charge in [0.05, 0.1) is 11.9 Å². The number of unbranched alkanes of at least 4 members (excludes halogenated alkanes) is 1. The molecule has 2 rings (SSSR count). The number of phenols is 1. The van der Waals surface area contributed by atoms with Crippen LogP contribution in [-0.2, 0) is 11.2 Å². The van der Waals surface area contributed by atoms with Crippen molar-refractivity contribution in [2.45, 2.75) is 46.5 Å². The minimum atomic E-state index is -0.156. The molecule has 0 fully saturated rings. The highest BCUT2D eigenvalue weighted by molar-refractivity contribution is 6.04. The molecule has 0 bridgehead atoms. The predicted molar refractivity (Wildman–Crippen MR) is 118 cm³/mol. The van der Waals surface area contributed by atoms with Gasteiger partial charge in [0.15, 0.2) is 0 Å². The monoisotopic (exact) mass is 394 g/mol. The van der Waals surface area contributed by atoms with Gasteiger partial charge in [0.2, 0.25) is 5.91 Å². The van der Waals surface area contributed by atoms with Crippen molar-refractivity contribution in [2.24, 2.45) is 0 Å². The maximum Gasteiger partial charge on any atom is 0.258 e. The summed E-state index contributed by atoms with van der Waals surface area (Å²) in [4.78, 5) is 25.2. The third kappa shape index (κ3) is 5.05. The molecule has 0 aliphatic carbocycles. The number of benzene rings is 1. The summed E-state index contributed by atoms with van der Waals surface area (Å²) < 4.78 is 1.62. The number of fused-ring (bicyclic) bond motifs is 1. The van der Waals surface area contributed by atoms with Gasteiger partial charge in [-0.05, 0) is 56.0 Å². The minimum absolute atomic E-state index is 0.0991. The van der Waals surface area contributed by atoms with Gasteiger partial charge < -0.3 is 10.4 Å². The molecule has 0 atom stereocenters. The molecule has 5 nitrogen and oxygen atoms in total. The van der Waals surface area contributed by atoms with Gasteiger partial charge in [0.1, 0.15) is 5.75 Å². The van der Waals surface area contributed by atoms with E-state index in [2.05, 4.69) is 18.8 Å². The summed E-state index contributed by atoms with van der Waals surface area (Å²) >= 11 is 0. The zero-order valence-electron chi connectivity index (χ0n) is 17.7. The molecular weight excluding hydrogens is 364 g/mol. The van der Waals surface area contributed by atoms with Crippen LogP contribution in [-0.4, -0.2) is 28.5 Å². The summed E-state index contributed by atoms with van der Waals surface area (Å²) in [6.45, 7) is 9.59. The molecule has 1 amide bonds. The largest absolute Gasteiger partial charge is 0.508 e. The smallest absolute Gasteiger partial charge is 0.258 e. The van der Waals surface area contributed by atoms with Crippen molar-refractivity contribution in [1.29, 1.82) is 0 Å². The molecule has 0 spiro atoms. The Balaban J connectivity index is 2.51. The lowest BCUT2D eigenvalue weighted by molar-refractivity contribution is -0.119. The Morgan fingerprint density at radius 1 is 1.28 bits per heavy atom. The first kappa shape index (κ1) is 22.2. The first-order chi connectivity index (χ1) is 13.8. The highest BCUT2D eigenvalue weighted by Gasteiger charge is 2.21. The van der Waals surface area contributed by atoms with Crippen molar-refractivity contribution in [3.8, 4) is 5.75 Å². The van der Waals surface area contributed by atoms with Gasteiger partial charge >= 0.3 is 0 Å². The van der Waals surface area contributed by atoms with Crippen molar-refractivity contribution >= 4 is 22.7 Å². The molecule has 0 radical (unpaired) electrons. The number of carbonyl (C=O) groups is 2. The van der Waals surface area contributed by atoms with Gasteiger partial charge in [-0.1, -0.05) is 38.2 Å². The predicted octanol–water partition coefficient (Wildman–Crippen LogP) is 4.83. The number of nitrogens with zero attached hydrogens (tertiary/aromatic N) is 1. The molecule has 0 unspecified atom stereocenters. The van der Waals surface area contributed by atoms with Crippen LogP contribution in [0.15, 0.2) is 54.2 Å². The highest BCUT2D eigenvalue weighted by atomic mass is 16.3. The molecule has 154 valence electrons. The number of nitrogens with one attached hydrogen (secondary N) is 1. The zero-order valence-corrected chi connectivity index (χ0v) is 17.7. The Morgan fingerprint density at radius 2 is 2.00 bits per heavy atom. The molecular formula is C24H30N2O3. The Hall–Kier alpha value is -3.08. The van der Waals surface area contributed by atoms with Crippen LogP contribution in [0.5, 0.6) is 5.75 Å². The summed E-state index contributed by atoms with van der Waals surface area (Å²) in [5, 5.41) is 13.2. The van der Waals surface area contributed by atoms with Gasteiger partial charge in [-0.25, -0.2) is 0 Å². The fourth-order valence-electron chi connectivity index (χ4n) is 3.32. The highest BCUT2D eigenvalue weighted by Crippen LogP contribution is 2.30. The average Bonchev–Trinajstić information content (AvgIpc) is 2.98. The second kappa shape index (κ2) is 9.92. The molecule has 1 heterocycles. The van der Waals surface area contributed by atoms with E-state index < -0.39 is 0 Å². The number of likely N-dealkylation sites (N-methyl/N-ethyl adjacent to an activating group) is 1. The van der Waals surface area contributed by atoms with Crippen LogP contribution in [0.25, 0.3) is 10.9 Å². The number of phenolic OH excluding ortho intramolecular Hbond substituents is 1. The van der Waals surface area contributed by atoms with E-state index in [0.29, 0.717) is 22.2 Å². The zero-order chi connectivity index (χ0) is 21.6. The number of rotatable bonds is 8. The fraction of sp³-hybridized carbons (Fsp3) is 0.333. The van der Waals surface area contributed by atoms with E-state index in [1.165, 1.54) is 0 Å². The van der Waals surface area contributed by atoms with Crippen LogP contribution in [0.2, 0.25) is 0 Å². The lowest BCUT2D eigenvalue weighted by Gasteiger charge is -2.08. The van der Waals surface area contributed by atoms with Crippen molar-refractivity contribution in [1.82, 2.24) is 9.88 Å². The molecule has 0 saturated carbocycles. The van der Waals surface area contributed by atoms with Crippen molar-refractivity contribution in [3.05, 3.63) is 65.4 Å². The van der Waals surface area contributed by atoms with E-state index in [1.54, 1.807) is 36.7 Å². The Morgan fingerprint density at radius 3 is 2.62 bits per heavy atom. The number of hydrogen-bond donors (Lipinski definition) is 2. The lowest BCUT2D eigenvalue weighted by Crippen LogP contribution is -2.20. The fourth-order valence-corrected chi connectivity index (χ4v) is 3.32. The summed E-state index contributed by atoms with van der Waals surface area (Å²) in [5.74, 6) is -0.205. The van der Waals surface area contributed by atoms with Gasteiger partial charge in [-0.15, -0.1) is 0 Å². The van der Waals surface area contributed by atoms with Crippen LogP contribution < -0.4 is 5.32 Å². The maximum absolute atomic E-state index is 13.2. The standard InChI is InChI=1S/C24H30N2O3/c1-6-8-9-18(7-2)11-10-16(3)24(29)26-17(4)20(15-23(28)25-5)21-14-19(27)12-13-22(21)26/h7,10-14,27H,2,6,8-9,15H2,1,3-5H3,(H,25,28)/b16-10+,18-11+. The van der Waals surface area contributed by atoms with Crippen molar-refractivity contribution < 1.29 is 14.7 Å². The second-order valence-corrected chi connectivity index (χ2v) is 7.15. The number of carbonyl (C=O) groups excluding carboxylic acids is 2. The molecule has 0 aliphatic heterocycles. The van der Waals surface area contributed by atoms with Crippen LogP contribution >= 0.6 is 0 Å². The molecule has 5 heteroatoms. The van der Waals surface area contributed by atoms with E-state index in [9.17, 15) is 14.7 Å². The van der Waals surface area contributed by atoms with E-state index >= 15 is 0 Å². The first-order valence-electron chi connectivity index (χ1n) is 9.92.